The number of allylic oxidation sites excluding steroid dienone is 4. The summed E-state index contributed by atoms with van der Waals surface area (Å²) >= 11 is 0. The summed E-state index contributed by atoms with van der Waals surface area (Å²) in [5.74, 6) is 0. The van der Waals surface area contributed by atoms with Crippen molar-refractivity contribution in [3.63, 3.8) is 0 Å². The summed E-state index contributed by atoms with van der Waals surface area (Å²) in [5, 5.41) is 0. The van der Waals surface area contributed by atoms with Gasteiger partial charge in [0.25, 0.3) is 0 Å². The molecule has 0 heteroatoms. The first-order valence-corrected chi connectivity index (χ1v) is 7.27. The molecular formula is C16H28. The van der Waals surface area contributed by atoms with E-state index in [9.17, 15) is 0 Å². The van der Waals surface area contributed by atoms with Crippen molar-refractivity contribution in [2.75, 3.05) is 0 Å². The minimum absolute atomic E-state index is 1.29. The Kier molecular flexibility index (Phi) is 7.29. The average molecular weight is 220 g/mol. The fourth-order valence-corrected chi connectivity index (χ4v) is 2.38. The molecule has 1 aliphatic carbocycles. The van der Waals surface area contributed by atoms with Gasteiger partial charge in [-0.1, -0.05) is 51.7 Å². The Bertz CT molecular complexity index is 206. The van der Waals surface area contributed by atoms with Gasteiger partial charge in [0, 0.05) is 0 Å². The summed E-state index contributed by atoms with van der Waals surface area (Å²) < 4.78 is 0. The van der Waals surface area contributed by atoms with E-state index in [2.05, 4.69) is 26.0 Å². The van der Waals surface area contributed by atoms with Crippen LogP contribution in [0.2, 0.25) is 0 Å². The van der Waals surface area contributed by atoms with Gasteiger partial charge in [0.2, 0.25) is 0 Å². The number of unbranched alkanes of at least 4 members (excludes halogenated alkanes) is 4. The van der Waals surface area contributed by atoms with E-state index < -0.39 is 0 Å². The first kappa shape index (κ1) is 13.5. The van der Waals surface area contributed by atoms with Crippen molar-refractivity contribution in [2.24, 2.45) is 0 Å². The molecule has 0 amide bonds. The summed E-state index contributed by atoms with van der Waals surface area (Å²) in [7, 11) is 0. The van der Waals surface area contributed by atoms with Crippen LogP contribution in [0, 0.1) is 0 Å². The van der Waals surface area contributed by atoms with E-state index in [0.29, 0.717) is 0 Å². The molecule has 92 valence electrons. The van der Waals surface area contributed by atoms with Crippen LogP contribution in [0.3, 0.4) is 0 Å². The Morgan fingerprint density at radius 1 is 0.812 bits per heavy atom. The van der Waals surface area contributed by atoms with Gasteiger partial charge in [-0.25, -0.2) is 0 Å². The molecule has 0 aromatic rings. The molecule has 1 fully saturated rings. The molecule has 1 rings (SSSR count). The molecule has 0 unspecified atom stereocenters. The molecule has 1 aliphatic rings. The van der Waals surface area contributed by atoms with E-state index in [-0.39, 0.29) is 0 Å². The highest BCUT2D eigenvalue weighted by molar-refractivity contribution is 5.32. The van der Waals surface area contributed by atoms with Gasteiger partial charge in [0.1, 0.15) is 0 Å². The Balaban J connectivity index is 2.49. The molecule has 0 aliphatic heterocycles. The van der Waals surface area contributed by atoms with E-state index in [1.807, 2.05) is 0 Å². The van der Waals surface area contributed by atoms with Crippen LogP contribution in [0.4, 0.5) is 0 Å². The van der Waals surface area contributed by atoms with Gasteiger partial charge in [-0.3, -0.25) is 0 Å². The summed E-state index contributed by atoms with van der Waals surface area (Å²) in [6, 6.07) is 0. The molecule has 0 heterocycles. The molecule has 0 N–H and O–H groups in total. The van der Waals surface area contributed by atoms with Gasteiger partial charge in [-0.15, -0.1) is 0 Å². The molecule has 1 saturated carbocycles. The second-order valence-electron chi connectivity index (χ2n) is 4.95. The molecule has 16 heavy (non-hydrogen) atoms. The lowest BCUT2D eigenvalue weighted by molar-refractivity contribution is 0.667. The van der Waals surface area contributed by atoms with E-state index >= 15 is 0 Å². The van der Waals surface area contributed by atoms with Gasteiger partial charge in [-0.05, 0) is 49.7 Å². The zero-order valence-corrected chi connectivity index (χ0v) is 11.2. The van der Waals surface area contributed by atoms with Crippen molar-refractivity contribution < 1.29 is 0 Å². The van der Waals surface area contributed by atoms with Crippen molar-refractivity contribution in [2.45, 2.75) is 78.1 Å². The number of hydrogen-bond donors (Lipinski definition) is 0. The molecule has 0 aromatic heterocycles. The van der Waals surface area contributed by atoms with Gasteiger partial charge in [-0.2, -0.15) is 0 Å². The van der Waals surface area contributed by atoms with Crippen LogP contribution in [-0.4, -0.2) is 0 Å². The molecule has 0 nitrogen and oxygen atoms in total. The molecule has 0 atom stereocenters. The van der Waals surface area contributed by atoms with Crippen molar-refractivity contribution in [1.29, 1.82) is 0 Å². The van der Waals surface area contributed by atoms with E-state index in [0.717, 1.165) is 0 Å². The smallest absolute Gasteiger partial charge is 0.0279 e. The maximum Gasteiger partial charge on any atom is -0.0279 e. The SMILES string of the molecule is CCCCC=C1CCCCC1=CCCCC. The monoisotopic (exact) mass is 220 g/mol. The Morgan fingerprint density at radius 3 is 1.62 bits per heavy atom. The molecular weight excluding hydrogens is 192 g/mol. The highest BCUT2D eigenvalue weighted by Crippen LogP contribution is 2.29. The first-order valence-electron chi connectivity index (χ1n) is 7.27. The van der Waals surface area contributed by atoms with Crippen LogP contribution in [0.5, 0.6) is 0 Å². The molecule has 0 spiro atoms. The lowest BCUT2D eigenvalue weighted by Gasteiger charge is -2.18. The van der Waals surface area contributed by atoms with Gasteiger partial charge >= 0.3 is 0 Å². The summed E-state index contributed by atoms with van der Waals surface area (Å²) in [5.41, 5.74) is 3.35. The van der Waals surface area contributed by atoms with E-state index in [1.165, 1.54) is 64.2 Å². The maximum atomic E-state index is 2.51. The van der Waals surface area contributed by atoms with Crippen LogP contribution in [-0.2, 0) is 0 Å². The Morgan fingerprint density at radius 2 is 1.25 bits per heavy atom. The van der Waals surface area contributed by atoms with E-state index in [4.69, 9.17) is 0 Å². The third kappa shape index (κ3) is 5.01. The normalized spacial score (nSPS) is 21.9. The van der Waals surface area contributed by atoms with E-state index in [1.54, 1.807) is 11.1 Å². The predicted molar refractivity (Wildman–Crippen MR) is 73.7 cm³/mol. The van der Waals surface area contributed by atoms with Crippen LogP contribution >= 0.6 is 0 Å². The summed E-state index contributed by atoms with van der Waals surface area (Å²) in [6.07, 6.45) is 18.4. The summed E-state index contributed by atoms with van der Waals surface area (Å²) in [6.45, 7) is 4.55. The van der Waals surface area contributed by atoms with Crippen molar-refractivity contribution in [1.82, 2.24) is 0 Å². The van der Waals surface area contributed by atoms with Gasteiger partial charge < -0.3 is 0 Å². The van der Waals surface area contributed by atoms with Gasteiger partial charge in [0.15, 0.2) is 0 Å². The standard InChI is InChI=1S/C16H28/c1-3-5-7-11-15-13-9-10-14-16(15)12-8-6-4-2/h11-12H,3-10,13-14H2,1-2H3. The van der Waals surface area contributed by atoms with Crippen molar-refractivity contribution in [3.05, 3.63) is 23.3 Å². The minimum atomic E-state index is 1.29. The minimum Gasteiger partial charge on any atom is -0.0811 e. The maximum absolute atomic E-state index is 2.51. The first-order chi connectivity index (χ1) is 7.88. The van der Waals surface area contributed by atoms with Gasteiger partial charge in [0.05, 0.1) is 0 Å². The van der Waals surface area contributed by atoms with Crippen molar-refractivity contribution >= 4 is 0 Å². The van der Waals surface area contributed by atoms with Crippen LogP contribution in [0.1, 0.15) is 78.1 Å². The molecule has 0 bridgehead atoms. The Labute approximate surface area is 102 Å². The number of rotatable bonds is 6. The lowest BCUT2D eigenvalue weighted by Crippen LogP contribution is -1.99. The molecule has 0 saturated heterocycles. The van der Waals surface area contributed by atoms with Crippen LogP contribution in [0.25, 0.3) is 0 Å². The second kappa shape index (κ2) is 8.61. The molecule has 0 radical (unpaired) electrons. The predicted octanol–water partition coefficient (Wildman–Crippen LogP) is 5.79. The van der Waals surface area contributed by atoms with Crippen LogP contribution < -0.4 is 0 Å². The number of hydrogen-bond acceptors (Lipinski definition) is 0. The van der Waals surface area contributed by atoms with Crippen LogP contribution in [0.15, 0.2) is 23.3 Å². The Hall–Kier alpha value is -0.520. The average Bonchev–Trinajstić information content (AvgIpc) is 2.32. The highest BCUT2D eigenvalue weighted by Gasteiger charge is 2.10. The van der Waals surface area contributed by atoms with Crippen molar-refractivity contribution in [3.8, 4) is 0 Å². The third-order valence-electron chi connectivity index (χ3n) is 3.45. The highest BCUT2D eigenvalue weighted by atomic mass is 14.2. The third-order valence-corrected chi connectivity index (χ3v) is 3.45. The lowest BCUT2D eigenvalue weighted by atomic mass is 9.88. The quantitative estimate of drug-likeness (QED) is 0.497. The summed E-state index contributed by atoms with van der Waals surface area (Å²) in [4.78, 5) is 0. The zero-order valence-electron chi connectivity index (χ0n) is 11.2. The topological polar surface area (TPSA) is 0 Å². The largest absolute Gasteiger partial charge is 0.0811 e. The zero-order chi connectivity index (χ0) is 11.6. The fraction of sp³-hybridized carbons (Fsp3) is 0.750. The fourth-order valence-electron chi connectivity index (χ4n) is 2.38. The molecule has 0 aromatic carbocycles. The second-order valence-corrected chi connectivity index (χ2v) is 4.95.